The maximum atomic E-state index is 9.45. The molecule has 1 saturated heterocycles. The molecule has 1 saturated carbocycles. The van der Waals surface area contributed by atoms with E-state index in [2.05, 4.69) is 6.58 Å². The first-order valence-corrected chi connectivity index (χ1v) is 5.27. The van der Waals surface area contributed by atoms with Crippen molar-refractivity contribution in [1.29, 1.82) is 0 Å². The van der Waals surface area contributed by atoms with E-state index in [1.165, 1.54) is 0 Å². The van der Waals surface area contributed by atoms with Crippen LogP contribution in [0.5, 0.6) is 0 Å². The van der Waals surface area contributed by atoms with Crippen LogP contribution in [0.2, 0.25) is 0 Å². The van der Waals surface area contributed by atoms with Crippen molar-refractivity contribution in [2.45, 2.75) is 43.8 Å². The van der Waals surface area contributed by atoms with Gasteiger partial charge in [-0.2, -0.15) is 0 Å². The molecule has 80 valence electrons. The first kappa shape index (κ1) is 10.1. The molecular weight excluding hydrogens is 180 g/mol. The molecule has 2 rings (SSSR count). The monoisotopic (exact) mass is 198 g/mol. The SMILES string of the molecule is C=C1COCOC2(CCC(O)CC2)C1. The van der Waals surface area contributed by atoms with Crippen LogP contribution in [-0.2, 0) is 9.47 Å². The average molecular weight is 198 g/mol. The Labute approximate surface area is 84.7 Å². The lowest BCUT2D eigenvalue weighted by molar-refractivity contribution is -0.144. The Hall–Kier alpha value is -0.380. The topological polar surface area (TPSA) is 38.7 Å². The molecule has 0 amide bonds. The van der Waals surface area contributed by atoms with E-state index in [-0.39, 0.29) is 11.7 Å². The largest absolute Gasteiger partial charge is 0.393 e. The first-order valence-electron chi connectivity index (χ1n) is 5.27. The highest BCUT2D eigenvalue weighted by Crippen LogP contribution is 2.37. The molecule has 0 unspecified atom stereocenters. The van der Waals surface area contributed by atoms with Gasteiger partial charge in [-0.15, -0.1) is 0 Å². The van der Waals surface area contributed by atoms with E-state index in [0.717, 1.165) is 37.7 Å². The Balaban J connectivity index is 2.02. The predicted molar refractivity (Wildman–Crippen MR) is 52.9 cm³/mol. The molecule has 1 heterocycles. The minimum atomic E-state index is -0.137. The molecule has 0 aromatic heterocycles. The number of hydrogen-bond donors (Lipinski definition) is 1. The van der Waals surface area contributed by atoms with Gasteiger partial charge < -0.3 is 14.6 Å². The van der Waals surface area contributed by atoms with Crippen molar-refractivity contribution < 1.29 is 14.6 Å². The molecule has 3 nitrogen and oxygen atoms in total. The highest BCUT2D eigenvalue weighted by molar-refractivity contribution is 5.04. The smallest absolute Gasteiger partial charge is 0.147 e. The maximum absolute atomic E-state index is 9.45. The molecule has 1 spiro atoms. The number of aliphatic hydroxyl groups is 1. The zero-order chi connectivity index (χ0) is 10.0. The van der Waals surface area contributed by atoms with E-state index in [9.17, 15) is 5.11 Å². The summed E-state index contributed by atoms with van der Waals surface area (Å²) in [6.45, 7) is 4.96. The van der Waals surface area contributed by atoms with E-state index in [1.54, 1.807) is 0 Å². The zero-order valence-electron chi connectivity index (χ0n) is 8.50. The van der Waals surface area contributed by atoms with Crippen molar-refractivity contribution in [3.63, 3.8) is 0 Å². The van der Waals surface area contributed by atoms with Crippen molar-refractivity contribution in [1.82, 2.24) is 0 Å². The van der Waals surface area contributed by atoms with Gasteiger partial charge in [-0.1, -0.05) is 6.58 Å². The molecule has 0 atom stereocenters. The molecule has 1 aliphatic carbocycles. The molecule has 14 heavy (non-hydrogen) atoms. The first-order chi connectivity index (χ1) is 6.70. The number of hydrogen-bond acceptors (Lipinski definition) is 3. The number of aliphatic hydroxyl groups excluding tert-OH is 1. The van der Waals surface area contributed by atoms with Crippen molar-refractivity contribution in [3.05, 3.63) is 12.2 Å². The second kappa shape index (κ2) is 4.01. The van der Waals surface area contributed by atoms with Gasteiger partial charge in [0.1, 0.15) is 6.79 Å². The van der Waals surface area contributed by atoms with Gasteiger partial charge in [-0.05, 0) is 37.7 Å². The van der Waals surface area contributed by atoms with E-state index in [1.807, 2.05) is 0 Å². The summed E-state index contributed by atoms with van der Waals surface area (Å²) in [5.41, 5.74) is 1.02. The summed E-state index contributed by atoms with van der Waals surface area (Å²) in [6.07, 6.45) is 4.29. The second-order valence-corrected chi connectivity index (χ2v) is 4.45. The summed E-state index contributed by atoms with van der Waals surface area (Å²) in [5.74, 6) is 0. The third-order valence-corrected chi connectivity index (χ3v) is 3.19. The van der Waals surface area contributed by atoms with Gasteiger partial charge in [0.15, 0.2) is 0 Å². The van der Waals surface area contributed by atoms with Crippen LogP contribution >= 0.6 is 0 Å². The normalized spacial score (nSPS) is 39.8. The van der Waals surface area contributed by atoms with Gasteiger partial charge in [0.2, 0.25) is 0 Å². The number of ether oxygens (including phenoxy) is 2. The van der Waals surface area contributed by atoms with Crippen LogP contribution in [0.25, 0.3) is 0 Å². The molecular formula is C11H18O3. The third kappa shape index (κ3) is 2.16. The minimum absolute atomic E-state index is 0.0905. The van der Waals surface area contributed by atoms with Crippen molar-refractivity contribution in [2.75, 3.05) is 13.4 Å². The Bertz CT molecular complexity index is 217. The van der Waals surface area contributed by atoms with Crippen molar-refractivity contribution >= 4 is 0 Å². The summed E-state index contributed by atoms with van der Waals surface area (Å²) in [7, 11) is 0. The van der Waals surface area contributed by atoms with Crippen LogP contribution < -0.4 is 0 Å². The molecule has 2 fully saturated rings. The second-order valence-electron chi connectivity index (χ2n) is 4.45. The van der Waals surface area contributed by atoms with Crippen LogP contribution in [0.15, 0.2) is 12.2 Å². The molecule has 0 radical (unpaired) electrons. The Morgan fingerprint density at radius 3 is 2.79 bits per heavy atom. The van der Waals surface area contributed by atoms with Crippen molar-refractivity contribution in [2.24, 2.45) is 0 Å². The average Bonchev–Trinajstić information content (AvgIpc) is 2.34. The predicted octanol–water partition coefficient (Wildman–Crippen LogP) is 1.61. The van der Waals surface area contributed by atoms with E-state index in [0.29, 0.717) is 13.4 Å². The standard InChI is InChI=1S/C11H18O3/c1-9-6-11(14-8-13-7-9)4-2-10(12)3-5-11/h10,12H,1-8H2. The summed E-state index contributed by atoms with van der Waals surface area (Å²) in [6, 6.07) is 0. The van der Waals surface area contributed by atoms with Crippen LogP contribution in [0.4, 0.5) is 0 Å². The third-order valence-electron chi connectivity index (χ3n) is 3.19. The molecule has 0 aromatic rings. The minimum Gasteiger partial charge on any atom is -0.393 e. The fourth-order valence-electron chi connectivity index (χ4n) is 2.36. The molecule has 1 aliphatic heterocycles. The fraction of sp³-hybridized carbons (Fsp3) is 0.818. The lowest BCUT2D eigenvalue weighted by Crippen LogP contribution is -2.38. The molecule has 2 aliphatic rings. The Kier molecular flexibility index (Phi) is 2.91. The molecule has 0 aromatic carbocycles. The number of rotatable bonds is 0. The summed E-state index contributed by atoms with van der Waals surface area (Å²) in [4.78, 5) is 0. The van der Waals surface area contributed by atoms with E-state index >= 15 is 0 Å². The summed E-state index contributed by atoms with van der Waals surface area (Å²) >= 11 is 0. The summed E-state index contributed by atoms with van der Waals surface area (Å²) in [5, 5.41) is 9.45. The molecule has 1 N–H and O–H groups in total. The lowest BCUT2D eigenvalue weighted by Gasteiger charge is -2.37. The highest BCUT2D eigenvalue weighted by atomic mass is 16.7. The van der Waals surface area contributed by atoms with E-state index < -0.39 is 0 Å². The van der Waals surface area contributed by atoms with Crippen molar-refractivity contribution in [3.8, 4) is 0 Å². The van der Waals surface area contributed by atoms with Gasteiger partial charge in [-0.25, -0.2) is 0 Å². The fourth-order valence-corrected chi connectivity index (χ4v) is 2.36. The van der Waals surface area contributed by atoms with E-state index in [4.69, 9.17) is 9.47 Å². The van der Waals surface area contributed by atoms with Crippen LogP contribution in [0.3, 0.4) is 0 Å². The zero-order valence-corrected chi connectivity index (χ0v) is 8.50. The lowest BCUT2D eigenvalue weighted by atomic mass is 9.79. The molecule has 3 heteroatoms. The van der Waals surface area contributed by atoms with Gasteiger partial charge in [0, 0.05) is 0 Å². The van der Waals surface area contributed by atoms with Gasteiger partial charge in [-0.3, -0.25) is 0 Å². The van der Waals surface area contributed by atoms with Gasteiger partial charge in [0.05, 0.1) is 18.3 Å². The van der Waals surface area contributed by atoms with Crippen LogP contribution in [0.1, 0.15) is 32.1 Å². The van der Waals surface area contributed by atoms with Gasteiger partial charge >= 0.3 is 0 Å². The van der Waals surface area contributed by atoms with Crippen LogP contribution in [0, 0.1) is 0 Å². The highest BCUT2D eigenvalue weighted by Gasteiger charge is 2.37. The summed E-state index contributed by atoms with van der Waals surface area (Å²) < 4.78 is 11.0. The van der Waals surface area contributed by atoms with Gasteiger partial charge in [0.25, 0.3) is 0 Å². The Morgan fingerprint density at radius 1 is 1.36 bits per heavy atom. The Morgan fingerprint density at radius 2 is 2.07 bits per heavy atom. The quantitative estimate of drug-likeness (QED) is 0.601. The van der Waals surface area contributed by atoms with Crippen LogP contribution in [-0.4, -0.2) is 30.2 Å². The molecule has 0 bridgehead atoms. The maximum Gasteiger partial charge on any atom is 0.147 e.